The summed E-state index contributed by atoms with van der Waals surface area (Å²) in [6.45, 7) is 0. The van der Waals surface area contributed by atoms with Crippen LogP contribution >= 0.6 is 0 Å². The van der Waals surface area contributed by atoms with E-state index < -0.39 is 0 Å². The minimum Gasteiger partial charge on any atom is -0.309 e. The summed E-state index contributed by atoms with van der Waals surface area (Å²) in [7, 11) is 0. The Hall–Kier alpha value is -15.6. The largest absolute Gasteiger partial charge is 0.309 e. The average molecular weight is 1480 g/mol. The molecule has 23 aromatic rings. The Morgan fingerprint density at radius 2 is 0.491 bits per heavy atom. The van der Waals surface area contributed by atoms with E-state index in [1.54, 1.807) is 0 Å². The molecule has 0 saturated carbocycles. The van der Waals surface area contributed by atoms with Gasteiger partial charge in [-0.25, -0.2) is 19.9 Å². The van der Waals surface area contributed by atoms with Crippen molar-refractivity contribution in [2.75, 3.05) is 0 Å². The molecule has 6 aromatic heterocycles. The molecule has 0 amide bonds. The normalized spacial score (nSPS) is 11.6. The number of rotatable bonds is 12. The van der Waals surface area contributed by atoms with E-state index in [4.69, 9.17) is 19.9 Å². The second-order valence-corrected chi connectivity index (χ2v) is 29.6. The standard InChI is InChI=1S/C56H36N4.C52H34N4/c1-3-16-39(17-4-1)56-57-49(36-50(58-56)45-25-13-18-37-15-7-8-21-43(37)45)38-29-32-42(33-30-38)60-52-27-12-10-23-47(52)55-44(24-14-28-54(55)60)40-31-34-53-48(35-40)46-22-9-11-26-51(46)59(53)41-19-5-2-6-20-41;1-4-16-35(17-5-1)45-34-46(54-52(53-45)36-18-6-2-7-19-36)38-20-14-23-40(32-38)56-48-28-13-11-25-44(48)51-41(26-15-29-49(51)56)37-30-31-43-42-24-10-12-27-47(42)55(50(43)33-37)39-21-8-3-9-22-39/h1-36H;1-34H. The van der Waals surface area contributed by atoms with Gasteiger partial charge in [-0.15, -0.1) is 0 Å². The lowest BCUT2D eigenvalue weighted by molar-refractivity contribution is 1.16. The predicted octanol–water partition coefficient (Wildman–Crippen LogP) is 27.8. The predicted molar refractivity (Wildman–Crippen MR) is 482 cm³/mol. The maximum atomic E-state index is 5.16. The minimum atomic E-state index is 0.706. The SMILES string of the molecule is c1ccc(-c2cc(-c3cccc(-n4c5ccccc5c5c(-c6ccc7c8ccccc8n(-c8ccccc8)c7c6)cccc54)c3)nc(-c3ccccc3)n2)cc1.c1ccc(-c2nc(-c3ccc(-n4c5ccccc5c5c(-c6ccc7c(c6)c6ccccc6n7-c6ccccc6)cccc54)cc3)cc(-c3cccc4ccccc34)n2)cc1. The van der Waals surface area contributed by atoms with Crippen LogP contribution in [0.5, 0.6) is 0 Å². The van der Waals surface area contributed by atoms with Gasteiger partial charge < -0.3 is 18.3 Å². The van der Waals surface area contributed by atoms with E-state index in [-0.39, 0.29) is 0 Å². The van der Waals surface area contributed by atoms with Gasteiger partial charge in [-0.2, -0.15) is 0 Å². The number of fused-ring (bicyclic) bond motifs is 13. The molecule has 0 aliphatic rings. The van der Waals surface area contributed by atoms with Gasteiger partial charge >= 0.3 is 0 Å². The van der Waals surface area contributed by atoms with Gasteiger partial charge in [0.25, 0.3) is 0 Å². The zero-order valence-electron chi connectivity index (χ0n) is 63.0. The lowest BCUT2D eigenvalue weighted by Gasteiger charge is -2.13. The van der Waals surface area contributed by atoms with Crippen LogP contribution in [0.2, 0.25) is 0 Å². The molecule has 0 aliphatic carbocycles. The Morgan fingerprint density at radius 3 is 1.08 bits per heavy atom. The van der Waals surface area contributed by atoms with Crippen LogP contribution in [0.15, 0.2) is 425 Å². The van der Waals surface area contributed by atoms with Crippen molar-refractivity contribution in [3.05, 3.63) is 425 Å². The number of aromatic nitrogens is 8. The maximum absolute atomic E-state index is 5.16. The quantitative estimate of drug-likeness (QED) is 0.122. The van der Waals surface area contributed by atoms with Crippen LogP contribution in [-0.2, 0) is 0 Å². The van der Waals surface area contributed by atoms with Gasteiger partial charge in [0.1, 0.15) is 0 Å². The van der Waals surface area contributed by atoms with Crippen molar-refractivity contribution < 1.29 is 0 Å². The molecule has 23 rings (SSSR count). The molecule has 0 atom stereocenters. The number of hydrogen-bond acceptors (Lipinski definition) is 4. The molecule has 0 N–H and O–H groups in total. The van der Waals surface area contributed by atoms with Crippen molar-refractivity contribution in [2.24, 2.45) is 0 Å². The van der Waals surface area contributed by atoms with Gasteiger partial charge in [0.05, 0.1) is 66.9 Å². The molecule has 0 saturated heterocycles. The fraction of sp³-hybridized carbons (Fsp3) is 0. The van der Waals surface area contributed by atoms with Crippen molar-refractivity contribution in [3.8, 4) is 113 Å². The molecule has 0 spiro atoms. The fourth-order valence-electron chi connectivity index (χ4n) is 17.6. The first kappa shape index (κ1) is 67.3. The maximum Gasteiger partial charge on any atom is 0.160 e. The van der Waals surface area contributed by atoms with Crippen molar-refractivity contribution in [3.63, 3.8) is 0 Å². The Kier molecular flexibility index (Phi) is 16.4. The highest BCUT2D eigenvalue weighted by molar-refractivity contribution is 6.19. The molecular formula is C108H70N8. The molecular weight excluding hydrogens is 1410 g/mol. The monoisotopic (exact) mass is 1480 g/mol. The van der Waals surface area contributed by atoms with Crippen LogP contribution in [-0.4, -0.2) is 38.2 Å². The molecule has 116 heavy (non-hydrogen) atoms. The zero-order valence-corrected chi connectivity index (χ0v) is 63.0. The summed E-state index contributed by atoms with van der Waals surface area (Å²) in [5.74, 6) is 1.41. The van der Waals surface area contributed by atoms with Crippen LogP contribution in [0.4, 0.5) is 0 Å². The van der Waals surface area contributed by atoms with E-state index >= 15 is 0 Å². The third-order valence-electron chi connectivity index (χ3n) is 22.9. The van der Waals surface area contributed by atoms with Gasteiger partial charge in [-0.05, 0) is 148 Å². The van der Waals surface area contributed by atoms with Crippen molar-refractivity contribution >= 4 is 98.0 Å². The molecule has 0 radical (unpaired) electrons. The van der Waals surface area contributed by atoms with Gasteiger partial charge in [0.15, 0.2) is 11.6 Å². The first-order valence-corrected chi connectivity index (χ1v) is 39.4. The first-order valence-electron chi connectivity index (χ1n) is 39.4. The summed E-state index contributed by atoms with van der Waals surface area (Å²) < 4.78 is 9.56. The summed E-state index contributed by atoms with van der Waals surface area (Å²) in [5.41, 5.74) is 28.5. The van der Waals surface area contributed by atoms with Crippen molar-refractivity contribution in [1.29, 1.82) is 0 Å². The number of nitrogens with zero attached hydrogens (tertiary/aromatic N) is 8. The van der Waals surface area contributed by atoms with Gasteiger partial charge in [-0.1, -0.05) is 309 Å². The Labute approximate surface area is 669 Å². The number of para-hydroxylation sites is 6. The minimum absolute atomic E-state index is 0.706. The first-order chi connectivity index (χ1) is 57.5. The molecule has 17 aromatic carbocycles. The van der Waals surface area contributed by atoms with E-state index in [1.807, 2.05) is 42.5 Å². The van der Waals surface area contributed by atoms with E-state index in [9.17, 15) is 0 Å². The van der Waals surface area contributed by atoms with Crippen LogP contribution in [0.1, 0.15) is 0 Å². The second-order valence-electron chi connectivity index (χ2n) is 29.6. The Bertz CT molecular complexity index is 7670. The topological polar surface area (TPSA) is 71.3 Å². The fourth-order valence-corrected chi connectivity index (χ4v) is 17.6. The number of benzene rings is 17. The Morgan fingerprint density at radius 1 is 0.155 bits per heavy atom. The van der Waals surface area contributed by atoms with E-state index in [2.05, 4.69) is 400 Å². The summed E-state index contributed by atoms with van der Waals surface area (Å²) in [6, 6.07) is 151. The van der Waals surface area contributed by atoms with Gasteiger partial charge in [-0.3, -0.25) is 0 Å². The van der Waals surface area contributed by atoms with Crippen LogP contribution < -0.4 is 0 Å². The highest BCUT2D eigenvalue weighted by atomic mass is 15.0. The Balaban J connectivity index is 0.000000141. The summed E-state index contributed by atoms with van der Waals surface area (Å²) in [6.07, 6.45) is 0. The van der Waals surface area contributed by atoms with Crippen molar-refractivity contribution in [2.45, 2.75) is 0 Å². The van der Waals surface area contributed by atoms with Crippen molar-refractivity contribution in [1.82, 2.24) is 38.2 Å². The lowest BCUT2D eigenvalue weighted by atomic mass is 9.98. The third kappa shape index (κ3) is 11.6. The molecule has 8 heteroatoms. The van der Waals surface area contributed by atoms with Crippen LogP contribution in [0.25, 0.3) is 211 Å². The molecule has 0 bridgehead atoms. The smallest absolute Gasteiger partial charge is 0.160 e. The summed E-state index contributed by atoms with van der Waals surface area (Å²) >= 11 is 0. The molecule has 0 unspecified atom stereocenters. The van der Waals surface area contributed by atoms with Crippen LogP contribution in [0.3, 0.4) is 0 Å². The van der Waals surface area contributed by atoms with E-state index in [0.29, 0.717) is 11.6 Å². The van der Waals surface area contributed by atoms with Gasteiger partial charge in [0.2, 0.25) is 0 Å². The zero-order chi connectivity index (χ0) is 76.6. The highest BCUT2D eigenvalue weighted by Gasteiger charge is 2.23. The molecule has 0 fully saturated rings. The molecule has 8 nitrogen and oxygen atoms in total. The third-order valence-corrected chi connectivity index (χ3v) is 22.9. The summed E-state index contributed by atoms with van der Waals surface area (Å²) in [5, 5.41) is 12.3. The average Bonchev–Trinajstić information content (AvgIpc) is 1.58. The van der Waals surface area contributed by atoms with Gasteiger partial charge in [0, 0.05) is 99.2 Å². The van der Waals surface area contributed by atoms with E-state index in [1.165, 1.54) is 109 Å². The summed E-state index contributed by atoms with van der Waals surface area (Å²) in [4.78, 5) is 20.5. The molecule has 6 heterocycles. The highest BCUT2D eigenvalue weighted by Crippen LogP contribution is 2.45. The molecule has 0 aliphatic heterocycles. The molecule has 542 valence electrons. The number of hydrogen-bond donors (Lipinski definition) is 0. The second kappa shape index (κ2) is 28.3. The lowest BCUT2D eigenvalue weighted by Crippen LogP contribution is -1.97. The van der Waals surface area contributed by atoms with E-state index in [0.717, 1.165) is 89.9 Å². The van der Waals surface area contributed by atoms with Crippen LogP contribution in [0, 0.1) is 0 Å².